The van der Waals surface area contributed by atoms with Crippen molar-refractivity contribution in [3.8, 4) is 11.1 Å². The first kappa shape index (κ1) is 27.4. The number of morpholine rings is 1. The molecule has 0 unspecified atom stereocenters. The van der Waals surface area contributed by atoms with E-state index in [0.29, 0.717) is 12.2 Å². The predicted octanol–water partition coefficient (Wildman–Crippen LogP) is 4.49. The van der Waals surface area contributed by atoms with E-state index in [1.54, 1.807) is 24.3 Å². The van der Waals surface area contributed by atoms with Crippen molar-refractivity contribution in [2.75, 3.05) is 44.7 Å². The van der Waals surface area contributed by atoms with Gasteiger partial charge in [0.25, 0.3) is 5.91 Å². The minimum atomic E-state index is -4.52. The van der Waals surface area contributed by atoms with Crippen molar-refractivity contribution in [1.29, 1.82) is 0 Å². The summed E-state index contributed by atoms with van der Waals surface area (Å²) in [4.78, 5) is 27.2. The molecule has 1 aliphatic rings. The van der Waals surface area contributed by atoms with Crippen LogP contribution in [-0.4, -0.2) is 66.3 Å². The van der Waals surface area contributed by atoms with Crippen LogP contribution in [0.15, 0.2) is 66.7 Å². The number of carbonyl (C=O) groups is 2. The number of amides is 2. The number of anilines is 1. The molecule has 0 radical (unpaired) electrons. The lowest BCUT2D eigenvalue weighted by Gasteiger charge is -2.26. The number of ether oxygens (including phenoxy) is 1. The number of alkyl halides is 3. The fraction of sp³-hybridized carbons (Fsp3) is 0.276. The molecule has 0 bridgehead atoms. The van der Waals surface area contributed by atoms with E-state index < -0.39 is 17.6 Å². The average molecular weight is 552 g/mol. The van der Waals surface area contributed by atoms with Crippen LogP contribution < -0.4 is 10.6 Å². The molecule has 4 aromatic rings. The Labute approximate surface area is 228 Å². The number of fused-ring (bicyclic) bond motifs is 1. The van der Waals surface area contributed by atoms with Crippen LogP contribution in [0.5, 0.6) is 0 Å². The number of rotatable bonds is 8. The molecular formula is C29H28F3N5O3. The molecule has 1 aromatic heterocycles. The Bertz CT molecular complexity index is 1500. The Morgan fingerprint density at radius 3 is 2.48 bits per heavy atom. The van der Waals surface area contributed by atoms with E-state index in [0.717, 1.165) is 72.7 Å². The molecule has 1 fully saturated rings. The maximum atomic E-state index is 13.0. The third kappa shape index (κ3) is 6.67. The molecular weight excluding hydrogens is 523 g/mol. The van der Waals surface area contributed by atoms with Crippen LogP contribution in [0.25, 0.3) is 22.0 Å². The van der Waals surface area contributed by atoms with E-state index >= 15 is 0 Å². The van der Waals surface area contributed by atoms with Gasteiger partial charge in [0.15, 0.2) is 0 Å². The fourth-order valence-electron chi connectivity index (χ4n) is 4.57. The van der Waals surface area contributed by atoms with Gasteiger partial charge in [-0.25, -0.2) is 0 Å². The summed E-state index contributed by atoms with van der Waals surface area (Å²) in [7, 11) is 0. The van der Waals surface area contributed by atoms with Gasteiger partial charge in [-0.15, -0.1) is 0 Å². The van der Waals surface area contributed by atoms with Crippen molar-refractivity contribution in [1.82, 2.24) is 20.4 Å². The molecule has 1 aliphatic heterocycles. The van der Waals surface area contributed by atoms with Crippen LogP contribution in [0.3, 0.4) is 0 Å². The highest BCUT2D eigenvalue weighted by Crippen LogP contribution is 2.30. The molecule has 1 saturated heterocycles. The highest BCUT2D eigenvalue weighted by molar-refractivity contribution is 6.04. The molecule has 3 N–H and O–H groups in total. The van der Waals surface area contributed by atoms with Gasteiger partial charge in [-0.3, -0.25) is 19.6 Å². The number of aromatic nitrogens is 2. The molecule has 0 aliphatic carbocycles. The van der Waals surface area contributed by atoms with E-state index in [-0.39, 0.29) is 17.9 Å². The Morgan fingerprint density at radius 1 is 0.975 bits per heavy atom. The first-order valence-electron chi connectivity index (χ1n) is 12.9. The summed E-state index contributed by atoms with van der Waals surface area (Å²) in [6.45, 7) is 4.56. The minimum absolute atomic E-state index is 0.0781. The molecule has 0 atom stereocenters. The third-order valence-corrected chi connectivity index (χ3v) is 6.75. The first-order chi connectivity index (χ1) is 19.3. The maximum Gasteiger partial charge on any atom is 0.416 e. The Morgan fingerprint density at radius 2 is 1.73 bits per heavy atom. The van der Waals surface area contributed by atoms with Crippen LogP contribution in [0, 0.1) is 0 Å². The number of aromatic amines is 1. The lowest BCUT2D eigenvalue weighted by Crippen LogP contribution is -2.41. The minimum Gasteiger partial charge on any atom is -0.379 e. The van der Waals surface area contributed by atoms with Gasteiger partial charge < -0.3 is 15.4 Å². The molecule has 0 saturated carbocycles. The lowest BCUT2D eigenvalue weighted by atomic mass is 10.0. The molecule has 40 heavy (non-hydrogen) atoms. The van der Waals surface area contributed by atoms with Crippen LogP contribution >= 0.6 is 0 Å². The number of carbonyl (C=O) groups excluding carboxylic acids is 2. The van der Waals surface area contributed by atoms with Gasteiger partial charge in [0.05, 0.1) is 36.4 Å². The summed E-state index contributed by atoms with van der Waals surface area (Å²) in [6.07, 6.45) is -4.33. The van der Waals surface area contributed by atoms with E-state index in [9.17, 15) is 22.8 Å². The van der Waals surface area contributed by atoms with Crippen molar-refractivity contribution in [2.45, 2.75) is 12.6 Å². The van der Waals surface area contributed by atoms with Gasteiger partial charge in [0.2, 0.25) is 5.91 Å². The largest absolute Gasteiger partial charge is 0.416 e. The number of nitrogens with zero attached hydrogens (tertiary/aromatic N) is 2. The average Bonchev–Trinajstić information content (AvgIpc) is 3.35. The molecule has 11 heteroatoms. The summed E-state index contributed by atoms with van der Waals surface area (Å²) in [5, 5.41) is 13.8. The summed E-state index contributed by atoms with van der Waals surface area (Å²) >= 11 is 0. The topological polar surface area (TPSA) is 99.3 Å². The lowest BCUT2D eigenvalue weighted by molar-refractivity contribution is -0.137. The maximum absolute atomic E-state index is 13.0. The van der Waals surface area contributed by atoms with E-state index in [1.165, 1.54) is 12.1 Å². The van der Waals surface area contributed by atoms with Gasteiger partial charge in [-0.1, -0.05) is 30.3 Å². The van der Waals surface area contributed by atoms with Crippen LogP contribution in [-0.2, 0) is 22.1 Å². The molecule has 8 nitrogen and oxygen atoms in total. The standard InChI is InChI=1S/C29H28F3N5O3/c30-29(31,32)22-3-1-2-21(16-22)28(39)34-23-7-4-19(5-8-23)20-6-9-24-25(17-20)35-36-26(24)18-27(38)33-10-11-37-12-14-40-15-13-37/h1-9,16-17H,10-15,18H2,(H,33,38)(H,34,39)(H,35,36). The van der Waals surface area contributed by atoms with Crippen molar-refractivity contribution in [3.05, 3.63) is 83.6 Å². The van der Waals surface area contributed by atoms with Crippen molar-refractivity contribution < 1.29 is 27.5 Å². The molecule has 3 aromatic carbocycles. The SMILES string of the molecule is O=C(Cc1[nH]nc2cc(-c3ccc(NC(=O)c4cccc(C(F)(F)F)c4)cc3)ccc12)NCCN1CCOCC1. The monoisotopic (exact) mass is 551 g/mol. The Hall–Kier alpha value is -4.22. The number of H-pyrrole nitrogens is 1. The van der Waals surface area contributed by atoms with Crippen LogP contribution in [0.4, 0.5) is 18.9 Å². The van der Waals surface area contributed by atoms with E-state index in [2.05, 4.69) is 25.7 Å². The second kappa shape index (κ2) is 11.9. The summed E-state index contributed by atoms with van der Waals surface area (Å²) < 4.78 is 44.2. The zero-order valence-corrected chi connectivity index (χ0v) is 21.6. The molecule has 208 valence electrons. The summed E-state index contributed by atoms with van der Waals surface area (Å²) in [5.74, 6) is -0.708. The second-order valence-corrected chi connectivity index (χ2v) is 9.52. The second-order valence-electron chi connectivity index (χ2n) is 9.52. The quantitative estimate of drug-likeness (QED) is 0.300. The summed E-state index contributed by atoms with van der Waals surface area (Å²) in [6, 6.07) is 17.0. The van der Waals surface area contributed by atoms with Crippen LogP contribution in [0.1, 0.15) is 21.6 Å². The van der Waals surface area contributed by atoms with E-state index in [4.69, 9.17) is 4.74 Å². The van der Waals surface area contributed by atoms with Gasteiger partial charge in [-0.05, 0) is 47.5 Å². The van der Waals surface area contributed by atoms with Gasteiger partial charge in [-0.2, -0.15) is 18.3 Å². The zero-order valence-electron chi connectivity index (χ0n) is 21.6. The van der Waals surface area contributed by atoms with Crippen molar-refractivity contribution in [2.24, 2.45) is 0 Å². The third-order valence-electron chi connectivity index (χ3n) is 6.75. The van der Waals surface area contributed by atoms with Crippen molar-refractivity contribution >= 4 is 28.4 Å². The zero-order chi connectivity index (χ0) is 28.1. The van der Waals surface area contributed by atoms with E-state index in [1.807, 2.05) is 18.2 Å². The van der Waals surface area contributed by atoms with Gasteiger partial charge in [0, 0.05) is 42.8 Å². The first-order valence-corrected chi connectivity index (χ1v) is 12.9. The predicted molar refractivity (Wildman–Crippen MR) is 145 cm³/mol. The summed E-state index contributed by atoms with van der Waals surface area (Å²) in [5.41, 5.74) is 2.70. The Balaban J connectivity index is 1.19. The molecule has 5 rings (SSSR count). The highest BCUT2D eigenvalue weighted by atomic mass is 19.4. The highest BCUT2D eigenvalue weighted by Gasteiger charge is 2.30. The number of nitrogens with one attached hydrogen (secondary N) is 3. The number of hydrogen-bond acceptors (Lipinski definition) is 5. The Kier molecular flexibility index (Phi) is 8.13. The number of halogens is 3. The number of benzene rings is 3. The number of hydrogen-bond donors (Lipinski definition) is 3. The molecule has 2 heterocycles. The molecule has 2 amide bonds. The fourth-order valence-corrected chi connectivity index (χ4v) is 4.57. The normalized spacial score (nSPS) is 14.3. The van der Waals surface area contributed by atoms with Crippen molar-refractivity contribution in [3.63, 3.8) is 0 Å². The smallest absolute Gasteiger partial charge is 0.379 e. The van der Waals surface area contributed by atoms with Crippen LogP contribution in [0.2, 0.25) is 0 Å². The van der Waals surface area contributed by atoms with Gasteiger partial charge >= 0.3 is 6.18 Å². The molecule has 0 spiro atoms. The van der Waals surface area contributed by atoms with Gasteiger partial charge in [0.1, 0.15) is 0 Å².